The summed E-state index contributed by atoms with van der Waals surface area (Å²) in [5.74, 6) is -0.565. The lowest BCUT2D eigenvalue weighted by molar-refractivity contribution is 0.1000. The van der Waals surface area contributed by atoms with Gasteiger partial charge in [0.15, 0.2) is 8.68 Å². The third kappa shape index (κ3) is 3.79. The van der Waals surface area contributed by atoms with Crippen molar-refractivity contribution in [2.24, 2.45) is 5.73 Å². The van der Waals surface area contributed by atoms with Crippen LogP contribution in [0.2, 0.25) is 4.47 Å². The number of aromatic nitrogens is 1. The molecule has 1 aromatic heterocycles. The van der Waals surface area contributed by atoms with Crippen LogP contribution in [0.25, 0.3) is 0 Å². The lowest BCUT2D eigenvalue weighted by atomic mass is 10.1. The number of amides is 1. The van der Waals surface area contributed by atoms with Gasteiger partial charge in [0.25, 0.3) is 10.0 Å². The molecular formula is C12H12ClN3O3S2. The van der Waals surface area contributed by atoms with Crippen molar-refractivity contribution in [3.63, 3.8) is 0 Å². The standard InChI is InChI=1S/C12H12ClN3O3S2/c1-7-11(20-12(13)16-7)21(18,19)15-6-8-3-2-4-9(5-8)10(14)17/h2-5,15H,6H2,1H3,(H2,14,17). The predicted molar refractivity (Wildman–Crippen MR) is 80.8 cm³/mol. The number of halogens is 1. The summed E-state index contributed by atoms with van der Waals surface area (Å²) in [5, 5.41) is 0. The Hall–Kier alpha value is -1.48. The Balaban J connectivity index is 2.17. The van der Waals surface area contributed by atoms with Crippen LogP contribution in [-0.4, -0.2) is 19.3 Å². The molecule has 112 valence electrons. The minimum Gasteiger partial charge on any atom is -0.366 e. The summed E-state index contributed by atoms with van der Waals surface area (Å²) in [6.45, 7) is 1.61. The van der Waals surface area contributed by atoms with Crippen LogP contribution in [0.15, 0.2) is 28.5 Å². The van der Waals surface area contributed by atoms with E-state index in [0.717, 1.165) is 11.3 Å². The highest BCUT2D eigenvalue weighted by Gasteiger charge is 2.21. The minimum atomic E-state index is -3.70. The summed E-state index contributed by atoms with van der Waals surface area (Å²) in [6, 6.07) is 6.44. The van der Waals surface area contributed by atoms with Crippen LogP contribution >= 0.6 is 22.9 Å². The number of carbonyl (C=O) groups excluding carboxylic acids is 1. The maximum atomic E-state index is 12.2. The van der Waals surface area contributed by atoms with E-state index < -0.39 is 15.9 Å². The molecule has 0 bridgehead atoms. The van der Waals surface area contributed by atoms with Gasteiger partial charge >= 0.3 is 0 Å². The Labute approximate surface area is 131 Å². The molecule has 1 aromatic carbocycles. The second kappa shape index (κ2) is 6.10. The normalized spacial score (nSPS) is 11.5. The van der Waals surface area contributed by atoms with Gasteiger partial charge in [0, 0.05) is 12.1 Å². The Kier molecular flexibility index (Phi) is 4.62. The highest BCUT2D eigenvalue weighted by atomic mass is 35.5. The molecule has 0 atom stereocenters. The Morgan fingerprint density at radius 2 is 2.19 bits per heavy atom. The second-order valence-electron chi connectivity index (χ2n) is 4.23. The first kappa shape index (κ1) is 15.9. The van der Waals surface area contributed by atoms with Gasteiger partial charge in [-0.1, -0.05) is 35.1 Å². The van der Waals surface area contributed by atoms with Crippen LogP contribution < -0.4 is 10.5 Å². The first-order valence-electron chi connectivity index (χ1n) is 5.81. The van der Waals surface area contributed by atoms with E-state index in [9.17, 15) is 13.2 Å². The van der Waals surface area contributed by atoms with Gasteiger partial charge < -0.3 is 5.73 Å². The predicted octanol–water partition coefficient (Wildman–Crippen LogP) is 1.68. The maximum absolute atomic E-state index is 12.2. The van der Waals surface area contributed by atoms with E-state index in [4.69, 9.17) is 17.3 Å². The van der Waals surface area contributed by atoms with Crippen molar-refractivity contribution in [3.8, 4) is 0 Å². The molecule has 0 aliphatic carbocycles. The number of nitrogens with one attached hydrogen (secondary N) is 1. The number of nitrogens with zero attached hydrogens (tertiary/aromatic N) is 1. The highest BCUT2D eigenvalue weighted by molar-refractivity contribution is 7.91. The molecule has 1 heterocycles. The van der Waals surface area contributed by atoms with Crippen molar-refractivity contribution in [2.45, 2.75) is 17.7 Å². The van der Waals surface area contributed by atoms with E-state index in [1.165, 1.54) is 6.07 Å². The van der Waals surface area contributed by atoms with E-state index in [2.05, 4.69) is 9.71 Å². The summed E-state index contributed by atoms with van der Waals surface area (Å²) in [4.78, 5) is 15.0. The molecule has 0 fully saturated rings. The van der Waals surface area contributed by atoms with E-state index in [0.29, 0.717) is 16.8 Å². The number of sulfonamides is 1. The molecule has 0 radical (unpaired) electrons. The zero-order valence-electron chi connectivity index (χ0n) is 11.0. The molecular weight excluding hydrogens is 334 g/mol. The van der Waals surface area contributed by atoms with E-state index in [1.54, 1.807) is 25.1 Å². The van der Waals surface area contributed by atoms with Crippen LogP contribution in [-0.2, 0) is 16.6 Å². The van der Waals surface area contributed by atoms with Gasteiger partial charge in [0.05, 0.1) is 5.69 Å². The summed E-state index contributed by atoms with van der Waals surface area (Å²) in [7, 11) is -3.70. The lowest BCUT2D eigenvalue weighted by Crippen LogP contribution is -2.23. The number of nitrogens with two attached hydrogens (primary N) is 1. The van der Waals surface area contributed by atoms with Gasteiger partial charge in [-0.05, 0) is 24.6 Å². The number of hydrogen-bond donors (Lipinski definition) is 2. The second-order valence-corrected chi connectivity index (χ2v) is 7.77. The summed E-state index contributed by atoms with van der Waals surface area (Å²) < 4.78 is 27.0. The number of hydrogen-bond acceptors (Lipinski definition) is 5. The molecule has 0 unspecified atom stereocenters. The Bertz CT molecular complexity index is 787. The number of carbonyl (C=O) groups is 1. The average molecular weight is 346 g/mol. The highest BCUT2D eigenvalue weighted by Crippen LogP contribution is 2.26. The fraction of sp³-hybridized carbons (Fsp3) is 0.167. The molecule has 0 saturated heterocycles. The van der Waals surface area contributed by atoms with Crippen molar-refractivity contribution in [3.05, 3.63) is 45.6 Å². The number of thiazole rings is 1. The van der Waals surface area contributed by atoms with E-state index >= 15 is 0 Å². The lowest BCUT2D eigenvalue weighted by Gasteiger charge is -2.06. The van der Waals surface area contributed by atoms with Crippen molar-refractivity contribution >= 4 is 38.9 Å². The number of benzene rings is 1. The quantitative estimate of drug-likeness (QED) is 0.860. The van der Waals surface area contributed by atoms with E-state index in [1.807, 2.05) is 0 Å². The summed E-state index contributed by atoms with van der Waals surface area (Å²) >= 11 is 6.60. The van der Waals surface area contributed by atoms with Crippen LogP contribution in [0, 0.1) is 6.92 Å². The van der Waals surface area contributed by atoms with Crippen molar-refractivity contribution in [1.29, 1.82) is 0 Å². The van der Waals surface area contributed by atoms with Crippen molar-refractivity contribution in [2.75, 3.05) is 0 Å². The summed E-state index contributed by atoms with van der Waals surface area (Å²) in [6.07, 6.45) is 0. The fourth-order valence-corrected chi connectivity index (χ4v) is 4.48. The van der Waals surface area contributed by atoms with Crippen LogP contribution in [0.4, 0.5) is 0 Å². The molecule has 0 aliphatic rings. The third-order valence-electron chi connectivity index (χ3n) is 2.65. The molecule has 0 spiro atoms. The molecule has 9 heteroatoms. The van der Waals surface area contributed by atoms with Gasteiger partial charge in [0.1, 0.15) is 0 Å². The topological polar surface area (TPSA) is 102 Å². The Morgan fingerprint density at radius 3 is 2.76 bits per heavy atom. The molecule has 0 saturated carbocycles. The molecule has 21 heavy (non-hydrogen) atoms. The number of primary amides is 1. The van der Waals surface area contributed by atoms with E-state index in [-0.39, 0.29) is 15.2 Å². The van der Waals surface area contributed by atoms with Gasteiger partial charge in [-0.3, -0.25) is 4.79 Å². The van der Waals surface area contributed by atoms with Gasteiger partial charge in [-0.15, -0.1) is 0 Å². The molecule has 6 nitrogen and oxygen atoms in total. The first-order chi connectivity index (χ1) is 9.79. The van der Waals surface area contributed by atoms with Gasteiger partial charge in [0.2, 0.25) is 5.91 Å². The third-order valence-corrected chi connectivity index (χ3v) is 5.92. The molecule has 1 amide bonds. The Morgan fingerprint density at radius 1 is 1.48 bits per heavy atom. The van der Waals surface area contributed by atoms with Crippen molar-refractivity contribution < 1.29 is 13.2 Å². The smallest absolute Gasteiger partial charge is 0.252 e. The summed E-state index contributed by atoms with van der Waals surface area (Å²) in [5.41, 5.74) is 6.48. The molecule has 2 rings (SSSR count). The maximum Gasteiger partial charge on any atom is 0.252 e. The van der Waals surface area contributed by atoms with Crippen LogP contribution in [0.1, 0.15) is 21.6 Å². The molecule has 3 N–H and O–H groups in total. The van der Waals surface area contributed by atoms with Crippen molar-refractivity contribution in [1.82, 2.24) is 9.71 Å². The zero-order valence-corrected chi connectivity index (χ0v) is 13.3. The van der Waals surface area contributed by atoms with Gasteiger partial charge in [-0.25, -0.2) is 18.1 Å². The van der Waals surface area contributed by atoms with Crippen LogP contribution in [0.5, 0.6) is 0 Å². The zero-order chi connectivity index (χ0) is 15.6. The minimum absolute atomic E-state index is 0.0401. The number of rotatable bonds is 5. The molecule has 2 aromatic rings. The van der Waals surface area contributed by atoms with Gasteiger partial charge in [-0.2, -0.15) is 0 Å². The van der Waals surface area contributed by atoms with Crippen LogP contribution in [0.3, 0.4) is 0 Å². The monoisotopic (exact) mass is 345 g/mol. The molecule has 0 aliphatic heterocycles. The fourth-order valence-electron chi connectivity index (χ4n) is 1.68. The first-order valence-corrected chi connectivity index (χ1v) is 8.48. The number of aryl methyl sites for hydroxylation is 1. The SMILES string of the molecule is Cc1nc(Cl)sc1S(=O)(=O)NCc1cccc(C(N)=O)c1. The average Bonchev–Trinajstić information content (AvgIpc) is 2.77. The largest absolute Gasteiger partial charge is 0.366 e.